The average molecular weight is 282 g/mol. The normalized spacial score (nSPS) is 29.1. The Hall–Kier alpha value is -1.61. The second-order valence-electron chi connectivity index (χ2n) is 6.84. The van der Waals surface area contributed by atoms with Crippen LogP contribution in [-0.2, 0) is 0 Å². The maximum Gasteiger partial charge on any atom is 0.251 e. The summed E-state index contributed by atoms with van der Waals surface area (Å²) >= 11 is 0. The predicted octanol–water partition coefficient (Wildman–Crippen LogP) is 2.50. The molecule has 21 heavy (non-hydrogen) atoms. The number of fused-ring (bicyclic) bond motifs is 3. The van der Waals surface area contributed by atoms with Crippen molar-refractivity contribution < 1.29 is 4.79 Å². The summed E-state index contributed by atoms with van der Waals surface area (Å²) in [6.45, 7) is 2.94. The van der Waals surface area contributed by atoms with E-state index in [1.807, 2.05) is 0 Å². The number of nitrogens with zero attached hydrogens (tertiary/aromatic N) is 1. The van der Waals surface area contributed by atoms with Gasteiger partial charge in [0.2, 0.25) is 0 Å². The summed E-state index contributed by atoms with van der Waals surface area (Å²) in [5.41, 5.74) is 3.28. The summed E-state index contributed by atoms with van der Waals surface area (Å²) in [6.07, 6.45) is 7.09. The molecule has 3 aliphatic rings. The average Bonchev–Trinajstić information content (AvgIpc) is 3.25. The third-order valence-electron chi connectivity index (χ3n) is 5.05. The molecule has 3 nitrogen and oxygen atoms in total. The molecule has 2 atom stereocenters. The van der Waals surface area contributed by atoms with Gasteiger partial charge in [-0.25, -0.2) is 0 Å². The highest BCUT2D eigenvalue weighted by Gasteiger charge is 2.36. The van der Waals surface area contributed by atoms with Gasteiger partial charge in [0.05, 0.1) is 0 Å². The van der Waals surface area contributed by atoms with Crippen molar-refractivity contribution in [2.45, 2.75) is 18.8 Å². The Bertz CT molecular complexity index is 603. The molecule has 1 aromatic rings. The highest BCUT2D eigenvalue weighted by Crippen LogP contribution is 2.36. The van der Waals surface area contributed by atoms with Crippen molar-refractivity contribution in [3.63, 3.8) is 0 Å². The highest BCUT2D eigenvalue weighted by molar-refractivity contribution is 5.97. The van der Waals surface area contributed by atoms with Gasteiger partial charge in [-0.1, -0.05) is 24.3 Å². The van der Waals surface area contributed by atoms with Crippen molar-refractivity contribution in [3.8, 4) is 0 Å². The number of hydrogen-bond donors (Lipinski definition) is 1. The molecule has 4 rings (SSSR count). The van der Waals surface area contributed by atoms with Gasteiger partial charge in [0.15, 0.2) is 0 Å². The minimum atomic E-state index is 0.101. The number of likely N-dealkylation sites (tertiary alicyclic amines) is 1. The van der Waals surface area contributed by atoms with Gasteiger partial charge in [0, 0.05) is 31.1 Å². The van der Waals surface area contributed by atoms with Gasteiger partial charge in [0.25, 0.3) is 5.91 Å². The molecule has 110 valence electrons. The highest BCUT2D eigenvalue weighted by atomic mass is 16.1. The Morgan fingerprint density at radius 1 is 1.29 bits per heavy atom. The van der Waals surface area contributed by atoms with Gasteiger partial charge in [-0.05, 0) is 48.9 Å². The number of amides is 1. The molecular weight excluding hydrogens is 260 g/mol. The zero-order valence-corrected chi connectivity index (χ0v) is 12.5. The van der Waals surface area contributed by atoms with E-state index in [2.05, 4.69) is 47.6 Å². The number of carbonyl (C=O) groups excluding carboxylic acids is 1. The Kier molecular flexibility index (Phi) is 3.11. The molecule has 2 fully saturated rings. The van der Waals surface area contributed by atoms with Crippen molar-refractivity contribution >= 4 is 12.0 Å². The number of rotatable bonds is 2. The molecule has 3 heteroatoms. The van der Waals surface area contributed by atoms with Gasteiger partial charge in [0.1, 0.15) is 0 Å². The van der Waals surface area contributed by atoms with Crippen LogP contribution in [-0.4, -0.2) is 37.5 Å². The van der Waals surface area contributed by atoms with Crippen molar-refractivity contribution in [3.05, 3.63) is 41.0 Å². The van der Waals surface area contributed by atoms with Crippen LogP contribution in [0.2, 0.25) is 0 Å². The lowest BCUT2D eigenvalue weighted by molar-refractivity contribution is 0.0951. The Morgan fingerprint density at radius 2 is 2.14 bits per heavy atom. The SMILES string of the molecule is CN1CC2CNC(=O)c3cc(C=CC4CC4)ccc3C2C1. The van der Waals surface area contributed by atoms with Crippen LogP contribution in [0, 0.1) is 11.8 Å². The fourth-order valence-corrected chi connectivity index (χ4v) is 3.70. The first-order valence-corrected chi connectivity index (χ1v) is 7.99. The molecule has 1 aromatic carbocycles. The lowest BCUT2D eigenvalue weighted by Crippen LogP contribution is -2.29. The number of hydrogen-bond acceptors (Lipinski definition) is 2. The fraction of sp³-hybridized carbons (Fsp3) is 0.500. The topological polar surface area (TPSA) is 32.3 Å². The number of benzene rings is 1. The zero-order chi connectivity index (χ0) is 14.4. The van der Waals surface area contributed by atoms with E-state index in [-0.39, 0.29) is 5.91 Å². The monoisotopic (exact) mass is 282 g/mol. The lowest BCUT2D eigenvalue weighted by atomic mass is 9.86. The van der Waals surface area contributed by atoms with Crippen LogP contribution in [0.15, 0.2) is 24.3 Å². The molecule has 2 heterocycles. The smallest absolute Gasteiger partial charge is 0.251 e. The Balaban J connectivity index is 1.69. The third kappa shape index (κ3) is 2.51. The van der Waals surface area contributed by atoms with E-state index in [9.17, 15) is 4.79 Å². The van der Waals surface area contributed by atoms with Crippen LogP contribution >= 0.6 is 0 Å². The summed E-state index contributed by atoms with van der Waals surface area (Å²) in [7, 11) is 2.17. The number of likely N-dealkylation sites (N-methyl/N-ethyl adjacent to an activating group) is 1. The van der Waals surface area contributed by atoms with Gasteiger partial charge in [-0.2, -0.15) is 0 Å². The predicted molar refractivity (Wildman–Crippen MR) is 84.3 cm³/mol. The number of carbonyl (C=O) groups is 1. The van der Waals surface area contributed by atoms with Gasteiger partial charge in [-0.3, -0.25) is 4.79 Å². The molecule has 2 aliphatic heterocycles. The van der Waals surface area contributed by atoms with Crippen LogP contribution in [0.25, 0.3) is 6.08 Å². The third-order valence-corrected chi connectivity index (χ3v) is 5.05. The van der Waals surface area contributed by atoms with E-state index < -0.39 is 0 Å². The summed E-state index contributed by atoms with van der Waals surface area (Å²) in [4.78, 5) is 14.7. The molecule has 1 saturated heterocycles. The van der Waals surface area contributed by atoms with E-state index in [1.54, 1.807) is 0 Å². The summed E-state index contributed by atoms with van der Waals surface area (Å²) in [5.74, 6) is 1.91. The second-order valence-corrected chi connectivity index (χ2v) is 6.84. The standard InChI is InChI=1S/C18H22N2O/c1-20-10-14-9-19-18(21)16-8-13(5-4-12-2-3-12)6-7-15(16)17(14)11-20/h4-8,12,14,17H,2-3,9-11H2,1H3,(H,19,21). The summed E-state index contributed by atoms with van der Waals surface area (Å²) in [6, 6.07) is 6.43. The molecule has 0 radical (unpaired) electrons. The van der Waals surface area contributed by atoms with Gasteiger partial charge in [-0.15, -0.1) is 0 Å². The Labute approximate surface area is 126 Å². The molecular formula is C18H22N2O. The Morgan fingerprint density at radius 3 is 2.95 bits per heavy atom. The molecule has 2 unspecified atom stereocenters. The maximum atomic E-state index is 12.4. The largest absolute Gasteiger partial charge is 0.352 e. The molecule has 0 bridgehead atoms. The zero-order valence-electron chi connectivity index (χ0n) is 12.5. The lowest BCUT2D eigenvalue weighted by Gasteiger charge is -2.16. The summed E-state index contributed by atoms with van der Waals surface area (Å²) < 4.78 is 0. The minimum absolute atomic E-state index is 0.101. The van der Waals surface area contributed by atoms with Crippen molar-refractivity contribution in [1.29, 1.82) is 0 Å². The molecule has 1 saturated carbocycles. The molecule has 1 aliphatic carbocycles. The van der Waals surface area contributed by atoms with Crippen LogP contribution in [0.1, 0.15) is 40.2 Å². The van der Waals surface area contributed by atoms with Crippen LogP contribution < -0.4 is 5.32 Å². The first-order valence-electron chi connectivity index (χ1n) is 7.99. The van der Waals surface area contributed by atoms with E-state index in [4.69, 9.17) is 0 Å². The number of allylic oxidation sites excluding steroid dienone is 1. The van der Waals surface area contributed by atoms with Crippen molar-refractivity contribution in [2.24, 2.45) is 11.8 Å². The maximum absolute atomic E-state index is 12.4. The minimum Gasteiger partial charge on any atom is -0.352 e. The molecule has 1 amide bonds. The van der Waals surface area contributed by atoms with E-state index in [0.29, 0.717) is 11.8 Å². The summed E-state index contributed by atoms with van der Waals surface area (Å²) in [5, 5.41) is 3.11. The molecule has 0 spiro atoms. The van der Waals surface area contributed by atoms with Crippen LogP contribution in [0.3, 0.4) is 0 Å². The first-order chi connectivity index (χ1) is 10.2. The van der Waals surface area contributed by atoms with Crippen LogP contribution in [0.4, 0.5) is 0 Å². The number of nitrogens with one attached hydrogen (secondary N) is 1. The molecule has 1 N–H and O–H groups in total. The van der Waals surface area contributed by atoms with Crippen molar-refractivity contribution in [1.82, 2.24) is 10.2 Å². The quantitative estimate of drug-likeness (QED) is 0.904. The van der Waals surface area contributed by atoms with Crippen LogP contribution in [0.5, 0.6) is 0 Å². The van der Waals surface area contributed by atoms with Gasteiger partial charge < -0.3 is 10.2 Å². The second kappa shape index (κ2) is 4.99. The van der Waals surface area contributed by atoms with Gasteiger partial charge >= 0.3 is 0 Å². The molecule has 0 aromatic heterocycles. The van der Waals surface area contributed by atoms with Crippen molar-refractivity contribution in [2.75, 3.05) is 26.7 Å². The van der Waals surface area contributed by atoms with E-state index >= 15 is 0 Å². The fourth-order valence-electron chi connectivity index (χ4n) is 3.70. The van der Waals surface area contributed by atoms with E-state index in [1.165, 1.54) is 18.4 Å². The van der Waals surface area contributed by atoms with E-state index in [0.717, 1.165) is 36.7 Å². The first kappa shape index (κ1) is 13.1.